The van der Waals surface area contributed by atoms with E-state index in [1.165, 1.54) is 6.07 Å². The third-order valence-corrected chi connectivity index (χ3v) is 4.44. The molecule has 0 atom stereocenters. The minimum atomic E-state index is -0.141. The van der Waals surface area contributed by atoms with Gasteiger partial charge in [0, 0.05) is 24.4 Å². The van der Waals surface area contributed by atoms with Gasteiger partial charge >= 0.3 is 0 Å². The first-order chi connectivity index (χ1) is 11.5. The number of nitrogens with one attached hydrogen (secondary N) is 1. The average Bonchev–Trinajstić information content (AvgIpc) is 2.57. The van der Waals surface area contributed by atoms with Gasteiger partial charge in [-0.1, -0.05) is 12.1 Å². The van der Waals surface area contributed by atoms with E-state index < -0.39 is 0 Å². The Kier molecular flexibility index (Phi) is 3.86. The zero-order valence-electron chi connectivity index (χ0n) is 14.2. The molecule has 0 saturated heterocycles. The summed E-state index contributed by atoms with van der Waals surface area (Å²) in [6.45, 7) is 5.76. The molecular weight excluding hydrogens is 300 g/mol. The molecule has 4 nitrogen and oxygen atoms in total. The van der Waals surface area contributed by atoms with Crippen LogP contribution in [0.1, 0.15) is 22.3 Å². The van der Waals surface area contributed by atoms with Gasteiger partial charge in [-0.25, -0.2) is 0 Å². The Balaban J connectivity index is 2.34. The van der Waals surface area contributed by atoms with E-state index in [2.05, 4.69) is 11.4 Å². The second-order valence-corrected chi connectivity index (χ2v) is 5.94. The maximum atomic E-state index is 12.5. The van der Waals surface area contributed by atoms with Gasteiger partial charge in [0.1, 0.15) is 11.8 Å². The van der Waals surface area contributed by atoms with Crippen LogP contribution < -0.4 is 10.7 Å². The number of fused-ring (bicyclic) bond motifs is 1. The SMILES string of the molecule is CNc1cc(-c2cc(=O)c3cc(C)c(C)c(C#N)c3o2)ccc1C. The summed E-state index contributed by atoms with van der Waals surface area (Å²) in [6.07, 6.45) is 0. The number of benzene rings is 2. The first kappa shape index (κ1) is 15.8. The highest BCUT2D eigenvalue weighted by molar-refractivity contribution is 5.86. The van der Waals surface area contributed by atoms with Crippen LogP contribution in [0, 0.1) is 32.1 Å². The fourth-order valence-electron chi connectivity index (χ4n) is 2.84. The minimum Gasteiger partial charge on any atom is -0.454 e. The molecule has 0 saturated carbocycles. The second-order valence-electron chi connectivity index (χ2n) is 5.94. The number of aryl methyl sites for hydroxylation is 2. The summed E-state index contributed by atoms with van der Waals surface area (Å²) in [4.78, 5) is 12.5. The van der Waals surface area contributed by atoms with E-state index in [1.807, 2.05) is 46.0 Å². The van der Waals surface area contributed by atoms with Crippen LogP contribution in [0.2, 0.25) is 0 Å². The van der Waals surface area contributed by atoms with Crippen molar-refractivity contribution in [2.75, 3.05) is 12.4 Å². The highest BCUT2D eigenvalue weighted by atomic mass is 16.3. The van der Waals surface area contributed by atoms with Gasteiger partial charge in [0.25, 0.3) is 0 Å². The van der Waals surface area contributed by atoms with Crippen LogP contribution in [0.15, 0.2) is 39.5 Å². The normalized spacial score (nSPS) is 10.6. The molecule has 2 aromatic carbocycles. The lowest BCUT2D eigenvalue weighted by Crippen LogP contribution is -2.04. The Bertz CT molecular complexity index is 1060. The first-order valence-corrected chi connectivity index (χ1v) is 7.73. The zero-order valence-corrected chi connectivity index (χ0v) is 14.2. The Morgan fingerprint density at radius 1 is 1.08 bits per heavy atom. The smallest absolute Gasteiger partial charge is 0.193 e. The lowest BCUT2D eigenvalue weighted by molar-refractivity contribution is 0.617. The summed E-state index contributed by atoms with van der Waals surface area (Å²) in [7, 11) is 1.85. The van der Waals surface area contributed by atoms with E-state index in [9.17, 15) is 10.1 Å². The molecule has 0 aliphatic rings. The van der Waals surface area contributed by atoms with Crippen molar-refractivity contribution in [1.29, 1.82) is 5.26 Å². The molecule has 0 spiro atoms. The number of hydrogen-bond acceptors (Lipinski definition) is 4. The minimum absolute atomic E-state index is 0.141. The van der Waals surface area contributed by atoms with Crippen LogP contribution in [0.4, 0.5) is 5.69 Å². The monoisotopic (exact) mass is 318 g/mol. The molecule has 4 heteroatoms. The summed E-state index contributed by atoms with van der Waals surface area (Å²) < 4.78 is 5.98. The summed E-state index contributed by atoms with van der Waals surface area (Å²) in [6, 6.07) is 11.3. The van der Waals surface area contributed by atoms with Gasteiger partial charge < -0.3 is 9.73 Å². The molecule has 0 fully saturated rings. The molecule has 3 rings (SSSR count). The number of rotatable bonds is 2. The highest BCUT2D eigenvalue weighted by Crippen LogP contribution is 2.29. The maximum Gasteiger partial charge on any atom is 0.193 e. The summed E-state index contributed by atoms with van der Waals surface area (Å²) in [5, 5.41) is 13.1. The molecule has 0 bridgehead atoms. The molecule has 0 amide bonds. The molecule has 24 heavy (non-hydrogen) atoms. The molecule has 1 N–H and O–H groups in total. The largest absolute Gasteiger partial charge is 0.454 e. The lowest BCUT2D eigenvalue weighted by atomic mass is 9.99. The fraction of sp³-hybridized carbons (Fsp3) is 0.200. The predicted molar refractivity (Wildman–Crippen MR) is 96.4 cm³/mol. The number of nitriles is 1. The van der Waals surface area contributed by atoms with E-state index in [-0.39, 0.29) is 5.43 Å². The van der Waals surface area contributed by atoms with Crippen LogP contribution in [0.5, 0.6) is 0 Å². The van der Waals surface area contributed by atoms with Crippen LogP contribution in [-0.2, 0) is 0 Å². The van der Waals surface area contributed by atoms with Crippen LogP contribution >= 0.6 is 0 Å². The Morgan fingerprint density at radius 3 is 2.50 bits per heavy atom. The third kappa shape index (κ3) is 2.44. The lowest BCUT2D eigenvalue weighted by Gasteiger charge is -2.10. The number of nitrogens with zero attached hydrogens (tertiary/aromatic N) is 1. The molecule has 0 aliphatic carbocycles. The number of hydrogen-bond donors (Lipinski definition) is 1. The van der Waals surface area contributed by atoms with Gasteiger partial charge in [-0.15, -0.1) is 0 Å². The van der Waals surface area contributed by atoms with Gasteiger partial charge in [0.15, 0.2) is 11.0 Å². The van der Waals surface area contributed by atoms with E-state index in [1.54, 1.807) is 6.07 Å². The quantitative estimate of drug-likeness (QED) is 0.765. The van der Waals surface area contributed by atoms with Gasteiger partial charge in [-0.2, -0.15) is 5.26 Å². The molecule has 1 heterocycles. The third-order valence-electron chi connectivity index (χ3n) is 4.44. The van der Waals surface area contributed by atoms with Crippen molar-refractivity contribution in [1.82, 2.24) is 0 Å². The molecule has 3 aromatic rings. The van der Waals surface area contributed by atoms with Crippen molar-refractivity contribution in [2.45, 2.75) is 20.8 Å². The van der Waals surface area contributed by atoms with E-state index in [4.69, 9.17) is 4.42 Å². The highest BCUT2D eigenvalue weighted by Gasteiger charge is 2.15. The van der Waals surface area contributed by atoms with Gasteiger partial charge in [0.05, 0.1) is 10.9 Å². The Morgan fingerprint density at radius 2 is 1.83 bits per heavy atom. The van der Waals surface area contributed by atoms with Gasteiger partial charge in [-0.3, -0.25) is 4.79 Å². The van der Waals surface area contributed by atoms with Crippen molar-refractivity contribution >= 4 is 16.7 Å². The predicted octanol–water partition coefficient (Wildman–Crippen LogP) is 4.30. The van der Waals surface area contributed by atoms with Crippen molar-refractivity contribution in [3.63, 3.8) is 0 Å². The fourth-order valence-corrected chi connectivity index (χ4v) is 2.84. The summed E-state index contributed by atoms with van der Waals surface area (Å²) in [5.74, 6) is 0.462. The molecule has 1 aromatic heterocycles. The van der Waals surface area contributed by atoms with E-state index in [0.717, 1.165) is 27.9 Å². The van der Waals surface area contributed by atoms with Gasteiger partial charge in [-0.05, 0) is 49.6 Å². The molecule has 120 valence electrons. The van der Waals surface area contributed by atoms with Crippen molar-refractivity contribution < 1.29 is 4.42 Å². The van der Waals surface area contributed by atoms with Crippen LogP contribution in [0.25, 0.3) is 22.3 Å². The van der Waals surface area contributed by atoms with E-state index in [0.29, 0.717) is 22.3 Å². The average molecular weight is 318 g/mol. The second kappa shape index (κ2) is 5.86. The molecular formula is C20H18N2O2. The molecule has 0 radical (unpaired) electrons. The molecule has 0 aliphatic heterocycles. The van der Waals surface area contributed by atoms with E-state index >= 15 is 0 Å². The maximum absolute atomic E-state index is 12.5. The number of anilines is 1. The topological polar surface area (TPSA) is 66.0 Å². The van der Waals surface area contributed by atoms with Crippen molar-refractivity contribution in [2.24, 2.45) is 0 Å². The first-order valence-electron chi connectivity index (χ1n) is 7.73. The van der Waals surface area contributed by atoms with Crippen molar-refractivity contribution in [3.05, 3.63) is 62.8 Å². The summed E-state index contributed by atoms with van der Waals surface area (Å²) >= 11 is 0. The zero-order chi connectivity index (χ0) is 17.4. The van der Waals surface area contributed by atoms with Crippen LogP contribution in [-0.4, -0.2) is 7.05 Å². The van der Waals surface area contributed by atoms with Crippen LogP contribution in [0.3, 0.4) is 0 Å². The van der Waals surface area contributed by atoms with Gasteiger partial charge in [0.2, 0.25) is 0 Å². The Hall–Kier alpha value is -3.06. The standard InChI is InChI=1S/C20H18N2O2/c1-11-5-6-14(8-17(11)22-4)19-9-18(23)15-7-12(2)13(3)16(10-21)20(15)24-19/h5-9,22H,1-4H3. The van der Waals surface area contributed by atoms with Crippen molar-refractivity contribution in [3.8, 4) is 17.4 Å². The Labute approximate surface area is 140 Å². The molecule has 0 unspecified atom stereocenters. The summed E-state index contributed by atoms with van der Waals surface area (Å²) in [5.41, 5.74) is 5.25.